The van der Waals surface area contributed by atoms with Crippen molar-refractivity contribution in [2.75, 3.05) is 13.7 Å². The molecule has 0 bridgehead atoms. The van der Waals surface area contributed by atoms with Crippen LogP contribution in [0.4, 0.5) is 4.79 Å². The number of hydrogen-bond donors (Lipinski definition) is 3. The second-order valence-electron chi connectivity index (χ2n) is 6.24. The molecule has 0 radical (unpaired) electrons. The zero-order valence-electron chi connectivity index (χ0n) is 16.3. The van der Waals surface area contributed by atoms with Gasteiger partial charge in [-0.1, -0.05) is 38.3 Å². The number of esters is 1. The van der Waals surface area contributed by atoms with Crippen LogP contribution in [0, 0.1) is 0 Å². The quantitative estimate of drug-likeness (QED) is 0.284. The van der Waals surface area contributed by atoms with Crippen LogP contribution in [0.25, 0.3) is 0 Å². The van der Waals surface area contributed by atoms with Gasteiger partial charge in [0.05, 0.1) is 31.4 Å². The molecular weight excluding hydrogens is 389 g/mol. The third kappa shape index (κ3) is 8.84. The molecule has 10 heteroatoms. The normalized spacial score (nSPS) is 13.5. The summed E-state index contributed by atoms with van der Waals surface area (Å²) in [6.07, 6.45) is 1.92. The number of alkyl carbamates (subject to hydrolysis) is 1. The van der Waals surface area contributed by atoms with Gasteiger partial charge in [-0.25, -0.2) is 14.2 Å². The number of hydrogen-bond acceptors (Lipinski definition) is 6. The van der Waals surface area contributed by atoms with Crippen LogP contribution < -0.4 is 5.32 Å². The van der Waals surface area contributed by atoms with Crippen LogP contribution in [0.1, 0.15) is 61.5 Å². The van der Waals surface area contributed by atoms with E-state index in [2.05, 4.69) is 17.0 Å². The summed E-state index contributed by atoms with van der Waals surface area (Å²) < 4.78 is 25.7. The topological polar surface area (TPSA) is 131 Å². The van der Waals surface area contributed by atoms with Crippen molar-refractivity contribution in [3.05, 3.63) is 35.4 Å². The number of amides is 1. The van der Waals surface area contributed by atoms with Gasteiger partial charge in [-0.2, -0.15) is 0 Å². The molecule has 0 aromatic heterocycles. The Morgan fingerprint density at radius 1 is 1.21 bits per heavy atom. The highest BCUT2D eigenvalue weighted by Crippen LogP contribution is 2.40. The number of carbonyl (C=O) groups is 2. The average Bonchev–Trinajstić information content (AvgIpc) is 2.64. The highest BCUT2D eigenvalue weighted by molar-refractivity contribution is 7.46. The molecule has 0 saturated heterocycles. The summed E-state index contributed by atoms with van der Waals surface area (Å²) in [5, 5.41) is 2.55. The number of phosphoric ester groups is 1. The molecule has 3 N–H and O–H groups in total. The summed E-state index contributed by atoms with van der Waals surface area (Å²) in [7, 11) is -3.56. The van der Waals surface area contributed by atoms with Crippen LogP contribution in [0.15, 0.2) is 24.3 Å². The van der Waals surface area contributed by atoms with Gasteiger partial charge in [0, 0.05) is 0 Å². The second-order valence-corrected chi connectivity index (χ2v) is 7.43. The Kier molecular flexibility index (Phi) is 10.2. The molecule has 0 spiro atoms. The SMILES string of the molecule is CCCCCCOC(=O)N[C@H](c1cccc(C(=O)OC)c1)[C@H](C)OP(=O)(O)O. The fourth-order valence-electron chi connectivity index (χ4n) is 2.59. The van der Waals surface area contributed by atoms with Crippen LogP contribution in [0.2, 0.25) is 0 Å². The van der Waals surface area contributed by atoms with Crippen molar-refractivity contribution in [2.45, 2.75) is 51.7 Å². The predicted octanol–water partition coefficient (Wildman–Crippen LogP) is 3.32. The van der Waals surface area contributed by atoms with Crippen LogP contribution in [0.3, 0.4) is 0 Å². The fraction of sp³-hybridized carbons (Fsp3) is 0.556. The lowest BCUT2D eigenvalue weighted by molar-refractivity contribution is 0.0599. The minimum absolute atomic E-state index is 0.225. The largest absolute Gasteiger partial charge is 0.469 e. The van der Waals surface area contributed by atoms with Crippen molar-refractivity contribution in [3.8, 4) is 0 Å². The van der Waals surface area contributed by atoms with E-state index >= 15 is 0 Å². The van der Waals surface area contributed by atoms with Gasteiger partial charge in [-0.15, -0.1) is 0 Å². The van der Waals surface area contributed by atoms with Crippen LogP contribution in [-0.4, -0.2) is 41.7 Å². The van der Waals surface area contributed by atoms with Gasteiger partial charge in [0.1, 0.15) is 0 Å². The third-order valence-corrected chi connectivity index (χ3v) is 4.55. The molecule has 0 aliphatic heterocycles. The number of nitrogens with one attached hydrogen (secondary N) is 1. The van der Waals surface area contributed by atoms with Crippen molar-refractivity contribution in [3.63, 3.8) is 0 Å². The van der Waals surface area contributed by atoms with Gasteiger partial charge < -0.3 is 24.6 Å². The molecule has 0 fully saturated rings. The molecule has 28 heavy (non-hydrogen) atoms. The Balaban J connectivity index is 2.92. The summed E-state index contributed by atoms with van der Waals surface area (Å²) in [6, 6.07) is 5.18. The maximum absolute atomic E-state index is 12.1. The highest BCUT2D eigenvalue weighted by atomic mass is 31.2. The molecule has 0 aliphatic carbocycles. The lowest BCUT2D eigenvalue weighted by Gasteiger charge is -2.25. The molecule has 2 atom stereocenters. The van der Waals surface area contributed by atoms with Crippen molar-refractivity contribution in [2.24, 2.45) is 0 Å². The molecule has 1 aromatic rings. The number of phosphoric acid groups is 1. The van der Waals surface area contributed by atoms with Gasteiger partial charge in [-0.3, -0.25) is 4.52 Å². The first-order chi connectivity index (χ1) is 13.2. The summed E-state index contributed by atoms with van der Waals surface area (Å²) in [4.78, 5) is 42.1. The van der Waals surface area contributed by atoms with E-state index in [9.17, 15) is 14.2 Å². The minimum atomic E-state index is -4.79. The number of ether oxygens (including phenoxy) is 2. The number of methoxy groups -OCH3 is 1. The maximum atomic E-state index is 12.1. The van der Waals surface area contributed by atoms with Crippen LogP contribution >= 0.6 is 7.82 Å². The first kappa shape index (κ1) is 24.1. The molecule has 1 rings (SSSR count). The molecule has 0 saturated carbocycles. The van der Waals surface area contributed by atoms with Crippen LogP contribution in [-0.2, 0) is 18.6 Å². The number of rotatable bonds is 11. The van der Waals surface area contributed by atoms with E-state index in [4.69, 9.17) is 19.0 Å². The number of unbranched alkanes of at least 4 members (excludes halogenated alkanes) is 3. The summed E-state index contributed by atoms with van der Waals surface area (Å²) in [5.74, 6) is -0.581. The Morgan fingerprint density at radius 3 is 2.54 bits per heavy atom. The monoisotopic (exact) mass is 417 g/mol. The highest BCUT2D eigenvalue weighted by Gasteiger charge is 2.29. The van der Waals surface area contributed by atoms with Gasteiger partial charge in [0.25, 0.3) is 0 Å². The Hall–Kier alpha value is -1.93. The Labute approximate surface area is 164 Å². The average molecular weight is 417 g/mol. The van der Waals surface area contributed by atoms with E-state index in [1.54, 1.807) is 12.1 Å². The van der Waals surface area contributed by atoms with E-state index in [1.807, 2.05) is 0 Å². The van der Waals surface area contributed by atoms with E-state index < -0.39 is 32.0 Å². The molecule has 9 nitrogen and oxygen atoms in total. The van der Waals surface area contributed by atoms with Gasteiger partial charge in [0.15, 0.2) is 0 Å². The third-order valence-electron chi connectivity index (χ3n) is 3.94. The smallest absolute Gasteiger partial charge is 0.465 e. The fourth-order valence-corrected chi connectivity index (χ4v) is 3.14. The van der Waals surface area contributed by atoms with Crippen molar-refractivity contribution in [1.29, 1.82) is 0 Å². The second kappa shape index (κ2) is 11.8. The molecule has 158 valence electrons. The zero-order chi connectivity index (χ0) is 21.2. The molecule has 1 aromatic carbocycles. The summed E-state index contributed by atoms with van der Waals surface area (Å²) in [6.45, 7) is 3.70. The number of benzene rings is 1. The van der Waals surface area contributed by atoms with Gasteiger partial charge in [-0.05, 0) is 31.0 Å². The first-order valence-electron chi connectivity index (χ1n) is 9.03. The lowest BCUT2D eigenvalue weighted by atomic mass is 10.0. The molecule has 0 heterocycles. The van der Waals surface area contributed by atoms with E-state index in [0.717, 1.165) is 25.7 Å². The zero-order valence-corrected chi connectivity index (χ0v) is 17.2. The minimum Gasteiger partial charge on any atom is -0.465 e. The van der Waals surface area contributed by atoms with Crippen molar-refractivity contribution in [1.82, 2.24) is 5.32 Å². The Morgan fingerprint density at radius 2 is 1.93 bits per heavy atom. The van der Waals surface area contributed by atoms with Crippen LogP contribution in [0.5, 0.6) is 0 Å². The Bertz CT molecular complexity index is 690. The van der Waals surface area contributed by atoms with E-state index in [0.29, 0.717) is 5.56 Å². The van der Waals surface area contributed by atoms with Gasteiger partial charge in [0.2, 0.25) is 0 Å². The standard InChI is InChI=1S/C18H28NO8P/c1-4-5-6-7-11-26-18(21)19-16(13(2)27-28(22,23)24)14-9-8-10-15(12-14)17(20)25-3/h8-10,12-13,16H,4-7,11H2,1-3H3,(H,19,21)(H2,22,23,24)/t13-,16-/m0/s1. The first-order valence-corrected chi connectivity index (χ1v) is 10.6. The molecule has 0 aliphatic rings. The lowest BCUT2D eigenvalue weighted by Crippen LogP contribution is -2.36. The summed E-state index contributed by atoms with van der Waals surface area (Å²) >= 11 is 0. The van der Waals surface area contributed by atoms with E-state index in [-0.39, 0.29) is 12.2 Å². The number of carbonyl (C=O) groups excluding carboxylic acids is 2. The molecule has 1 amide bonds. The van der Waals surface area contributed by atoms with E-state index in [1.165, 1.54) is 26.2 Å². The van der Waals surface area contributed by atoms with Crippen molar-refractivity contribution < 1.29 is 37.9 Å². The summed E-state index contributed by atoms with van der Waals surface area (Å²) in [5.41, 5.74) is 0.634. The van der Waals surface area contributed by atoms with Crippen molar-refractivity contribution >= 4 is 19.9 Å². The predicted molar refractivity (Wildman–Crippen MR) is 102 cm³/mol. The maximum Gasteiger partial charge on any atom is 0.469 e. The molecule has 0 unspecified atom stereocenters. The molecular formula is C18H28NO8P. The van der Waals surface area contributed by atoms with Gasteiger partial charge >= 0.3 is 19.9 Å².